The molecule has 1 amide bonds. The molecule has 0 saturated heterocycles. The topological polar surface area (TPSA) is 46.3 Å². The average Bonchev–Trinajstić information content (AvgIpc) is 3.13. The largest absolute Gasteiger partial charge is 0.337 e. The van der Waals surface area contributed by atoms with Crippen LogP contribution in [0.25, 0.3) is 0 Å². The van der Waals surface area contributed by atoms with Gasteiger partial charge in [-0.3, -0.25) is 4.79 Å². The van der Waals surface area contributed by atoms with Gasteiger partial charge in [0.2, 0.25) is 0 Å². The molecule has 0 heterocycles. The summed E-state index contributed by atoms with van der Waals surface area (Å²) in [6.07, 6.45) is 2.40. The molecule has 0 bridgehead atoms. The summed E-state index contributed by atoms with van der Waals surface area (Å²) in [5, 5.41) is 0. The SMILES string of the molecule is Cc1ccc(C(=O)N(C)C(CN)C2CC2)c(C)c1. The Morgan fingerprint density at radius 1 is 1.44 bits per heavy atom. The van der Waals surface area contributed by atoms with Crippen LogP contribution in [0.4, 0.5) is 0 Å². The van der Waals surface area contributed by atoms with E-state index in [1.54, 1.807) is 0 Å². The van der Waals surface area contributed by atoms with Crippen molar-refractivity contribution in [1.82, 2.24) is 4.90 Å². The van der Waals surface area contributed by atoms with E-state index in [-0.39, 0.29) is 11.9 Å². The zero-order valence-corrected chi connectivity index (χ0v) is 11.4. The minimum atomic E-state index is 0.0925. The molecule has 0 aromatic heterocycles. The van der Waals surface area contributed by atoms with Crippen molar-refractivity contribution in [3.8, 4) is 0 Å². The van der Waals surface area contributed by atoms with E-state index in [9.17, 15) is 4.79 Å². The van der Waals surface area contributed by atoms with Gasteiger partial charge < -0.3 is 10.6 Å². The molecule has 2 rings (SSSR count). The maximum absolute atomic E-state index is 12.5. The third kappa shape index (κ3) is 2.56. The number of benzene rings is 1. The van der Waals surface area contributed by atoms with Gasteiger partial charge in [-0.1, -0.05) is 17.7 Å². The van der Waals surface area contributed by atoms with E-state index in [0.717, 1.165) is 11.1 Å². The quantitative estimate of drug-likeness (QED) is 0.884. The van der Waals surface area contributed by atoms with Crippen LogP contribution in [0.3, 0.4) is 0 Å². The summed E-state index contributed by atoms with van der Waals surface area (Å²) in [6, 6.07) is 6.15. The smallest absolute Gasteiger partial charge is 0.254 e. The van der Waals surface area contributed by atoms with Crippen LogP contribution in [0.15, 0.2) is 18.2 Å². The van der Waals surface area contributed by atoms with Gasteiger partial charge in [0.25, 0.3) is 5.91 Å². The molecule has 2 N–H and O–H groups in total. The Hall–Kier alpha value is -1.35. The highest BCUT2D eigenvalue weighted by molar-refractivity contribution is 5.95. The number of aryl methyl sites for hydroxylation is 2. The van der Waals surface area contributed by atoms with Crippen molar-refractivity contribution < 1.29 is 4.79 Å². The fraction of sp³-hybridized carbons (Fsp3) is 0.533. The van der Waals surface area contributed by atoms with Gasteiger partial charge in [0.15, 0.2) is 0 Å². The van der Waals surface area contributed by atoms with Crippen LogP contribution in [0.1, 0.15) is 34.3 Å². The molecule has 18 heavy (non-hydrogen) atoms. The number of hydrogen-bond acceptors (Lipinski definition) is 2. The summed E-state index contributed by atoms with van der Waals surface area (Å²) < 4.78 is 0. The van der Waals surface area contributed by atoms with Crippen molar-refractivity contribution in [1.29, 1.82) is 0 Å². The zero-order chi connectivity index (χ0) is 13.3. The van der Waals surface area contributed by atoms with Gasteiger partial charge in [-0.25, -0.2) is 0 Å². The number of amides is 1. The summed E-state index contributed by atoms with van der Waals surface area (Å²) in [7, 11) is 1.87. The van der Waals surface area contributed by atoms with Gasteiger partial charge in [0, 0.05) is 25.2 Å². The maximum Gasteiger partial charge on any atom is 0.254 e. The van der Waals surface area contributed by atoms with Crippen molar-refractivity contribution in [2.24, 2.45) is 11.7 Å². The second-order valence-electron chi connectivity index (χ2n) is 5.37. The molecule has 1 fully saturated rings. The molecule has 1 atom stereocenters. The molecule has 1 aliphatic carbocycles. The van der Waals surface area contributed by atoms with E-state index in [2.05, 4.69) is 6.07 Å². The number of nitrogens with two attached hydrogens (primary N) is 1. The second kappa shape index (κ2) is 5.11. The van der Waals surface area contributed by atoms with Crippen LogP contribution < -0.4 is 5.73 Å². The Kier molecular flexibility index (Phi) is 3.71. The Morgan fingerprint density at radius 2 is 2.11 bits per heavy atom. The minimum Gasteiger partial charge on any atom is -0.337 e. The van der Waals surface area contributed by atoms with E-state index in [1.807, 2.05) is 37.9 Å². The highest BCUT2D eigenvalue weighted by Crippen LogP contribution is 2.35. The van der Waals surface area contributed by atoms with Gasteiger partial charge in [0.1, 0.15) is 0 Å². The first-order valence-electron chi connectivity index (χ1n) is 6.59. The average molecular weight is 246 g/mol. The van der Waals surface area contributed by atoms with Crippen LogP contribution in [-0.4, -0.2) is 30.4 Å². The lowest BCUT2D eigenvalue weighted by molar-refractivity contribution is 0.0718. The Morgan fingerprint density at radius 3 is 2.61 bits per heavy atom. The third-order valence-electron chi connectivity index (χ3n) is 3.84. The standard InChI is InChI=1S/C15H22N2O/c1-10-4-7-13(11(2)8-10)15(18)17(3)14(9-16)12-5-6-12/h4,7-8,12,14H,5-6,9,16H2,1-3H3. The molecule has 0 aliphatic heterocycles. The van der Waals surface area contributed by atoms with Crippen molar-refractivity contribution in [3.63, 3.8) is 0 Å². The van der Waals surface area contributed by atoms with Crippen LogP contribution in [-0.2, 0) is 0 Å². The third-order valence-corrected chi connectivity index (χ3v) is 3.84. The van der Waals surface area contributed by atoms with Gasteiger partial charge in [-0.05, 0) is 44.2 Å². The van der Waals surface area contributed by atoms with Crippen LogP contribution in [0.5, 0.6) is 0 Å². The van der Waals surface area contributed by atoms with Gasteiger partial charge in [0.05, 0.1) is 0 Å². The molecule has 98 valence electrons. The molecule has 0 spiro atoms. The lowest BCUT2D eigenvalue weighted by Gasteiger charge is -2.27. The minimum absolute atomic E-state index is 0.0925. The van der Waals surface area contributed by atoms with E-state index in [1.165, 1.54) is 18.4 Å². The van der Waals surface area contributed by atoms with Crippen LogP contribution >= 0.6 is 0 Å². The molecule has 1 saturated carbocycles. The van der Waals surface area contributed by atoms with E-state index >= 15 is 0 Å². The molecular weight excluding hydrogens is 224 g/mol. The number of carbonyl (C=O) groups is 1. The summed E-state index contributed by atoms with van der Waals surface area (Å²) in [6.45, 7) is 4.58. The fourth-order valence-corrected chi connectivity index (χ4v) is 2.54. The Labute approximate surface area is 109 Å². The molecule has 1 aromatic carbocycles. The zero-order valence-electron chi connectivity index (χ0n) is 11.4. The van der Waals surface area contributed by atoms with E-state index < -0.39 is 0 Å². The predicted octanol–water partition coefficient (Wildman–Crippen LogP) is 2.11. The summed E-state index contributed by atoms with van der Waals surface area (Å²) in [4.78, 5) is 14.3. The summed E-state index contributed by atoms with van der Waals surface area (Å²) in [5.74, 6) is 0.699. The van der Waals surface area contributed by atoms with Crippen molar-refractivity contribution in [3.05, 3.63) is 34.9 Å². The molecule has 3 heteroatoms. The van der Waals surface area contributed by atoms with Crippen molar-refractivity contribution >= 4 is 5.91 Å². The lowest BCUT2D eigenvalue weighted by atomic mass is 10.0. The molecule has 1 aromatic rings. The molecule has 1 unspecified atom stereocenters. The van der Waals surface area contributed by atoms with E-state index in [0.29, 0.717) is 12.5 Å². The first-order chi connectivity index (χ1) is 8.54. The predicted molar refractivity (Wildman–Crippen MR) is 73.6 cm³/mol. The number of likely N-dealkylation sites (N-methyl/N-ethyl adjacent to an activating group) is 1. The Balaban J connectivity index is 2.19. The Bertz CT molecular complexity index is 452. The first kappa shape index (κ1) is 13.1. The normalized spacial score (nSPS) is 16.4. The number of hydrogen-bond donors (Lipinski definition) is 1. The van der Waals surface area contributed by atoms with Gasteiger partial charge in [-0.15, -0.1) is 0 Å². The van der Waals surface area contributed by atoms with Crippen LogP contribution in [0, 0.1) is 19.8 Å². The molecule has 3 nitrogen and oxygen atoms in total. The number of nitrogens with zero attached hydrogens (tertiary/aromatic N) is 1. The fourth-order valence-electron chi connectivity index (χ4n) is 2.54. The van der Waals surface area contributed by atoms with Crippen LogP contribution in [0.2, 0.25) is 0 Å². The maximum atomic E-state index is 12.5. The second-order valence-corrected chi connectivity index (χ2v) is 5.37. The van der Waals surface area contributed by atoms with E-state index in [4.69, 9.17) is 5.73 Å². The molecule has 0 radical (unpaired) electrons. The highest BCUT2D eigenvalue weighted by atomic mass is 16.2. The highest BCUT2D eigenvalue weighted by Gasteiger charge is 2.35. The lowest BCUT2D eigenvalue weighted by Crippen LogP contribution is -2.43. The molecular formula is C15H22N2O. The first-order valence-corrected chi connectivity index (χ1v) is 6.59. The number of carbonyl (C=O) groups excluding carboxylic acids is 1. The van der Waals surface area contributed by atoms with Gasteiger partial charge >= 0.3 is 0 Å². The van der Waals surface area contributed by atoms with Gasteiger partial charge in [-0.2, -0.15) is 0 Å². The van der Waals surface area contributed by atoms with Crippen molar-refractivity contribution in [2.75, 3.05) is 13.6 Å². The summed E-state index contributed by atoms with van der Waals surface area (Å²) >= 11 is 0. The van der Waals surface area contributed by atoms with Crippen molar-refractivity contribution in [2.45, 2.75) is 32.7 Å². The molecule has 1 aliphatic rings. The number of rotatable bonds is 4. The monoisotopic (exact) mass is 246 g/mol. The summed E-state index contributed by atoms with van der Waals surface area (Å²) in [5.41, 5.74) is 8.82.